The minimum Gasteiger partial charge on any atom is -0.359 e. The van der Waals surface area contributed by atoms with E-state index in [9.17, 15) is 9.18 Å². The van der Waals surface area contributed by atoms with Crippen molar-refractivity contribution in [3.05, 3.63) is 97.0 Å². The van der Waals surface area contributed by atoms with Crippen LogP contribution in [-0.2, 0) is 4.79 Å². The smallest absolute Gasteiger partial charge is 0.226 e. The van der Waals surface area contributed by atoms with E-state index in [-0.39, 0.29) is 17.6 Å². The second kappa shape index (κ2) is 9.57. The zero-order valence-electron chi connectivity index (χ0n) is 19.1. The van der Waals surface area contributed by atoms with Crippen molar-refractivity contribution in [1.82, 2.24) is 15.1 Å². The number of aromatic nitrogens is 2. The highest BCUT2D eigenvalue weighted by atomic mass is 19.1. The average molecular weight is 444 g/mol. The first-order chi connectivity index (χ1) is 16.0. The van der Waals surface area contributed by atoms with Gasteiger partial charge in [-0.2, -0.15) is 5.10 Å². The van der Waals surface area contributed by atoms with E-state index in [1.54, 1.807) is 29.9 Å². The molecule has 0 aliphatic heterocycles. The molecule has 1 heterocycles. The Morgan fingerprint density at radius 1 is 1.15 bits per heavy atom. The molecule has 1 aliphatic carbocycles. The molecule has 5 heteroatoms. The lowest BCUT2D eigenvalue weighted by atomic mass is 9.60. The van der Waals surface area contributed by atoms with Gasteiger partial charge in [-0.25, -0.2) is 9.07 Å². The summed E-state index contributed by atoms with van der Waals surface area (Å²) < 4.78 is 15.2. The number of fused-ring (bicyclic) bond motifs is 1. The molecule has 1 aromatic heterocycles. The Morgan fingerprint density at radius 3 is 2.52 bits per heavy atom. The summed E-state index contributed by atoms with van der Waals surface area (Å²) in [5.41, 5.74) is 3.22. The highest BCUT2D eigenvalue weighted by Crippen LogP contribution is 2.51. The SMILES string of the molecule is C=C/C=C(\C=C)C(c1ccc2c(cnn2-c2ccc(F)cc2)c1)C1(C(=O)NC)CCCCC1. The summed E-state index contributed by atoms with van der Waals surface area (Å²) in [6, 6.07) is 12.5. The number of carbonyl (C=O) groups is 1. The van der Waals surface area contributed by atoms with E-state index in [0.717, 1.165) is 59.8 Å². The second-order valence-electron chi connectivity index (χ2n) is 8.69. The monoisotopic (exact) mass is 443 g/mol. The highest BCUT2D eigenvalue weighted by Gasteiger charge is 2.47. The van der Waals surface area contributed by atoms with Gasteiger partial charge in [0.05, 0.1) is 22.8 Å². The Kier molecular flexibility index (Phi) is 6.59. The Balaban J connectivity index is 1.86. The normalized spacial score (nSPS) is 16.8. The molecule has 3 aromatic rings. The van der Waals surface area contributed by atoms with Gasteiger partial charge in [-0.05, 0) is 60.4 Å². The lowest BCUT2D eigenvalue weighted by Crippen LogP contribution is -2.45. The highest BCUT2D eigenvalue weighted by molar-refractivity contribution is 5.86. The van der Waals surface area contributed by atoms with E-state index in [1.807, 2.05) is 24.4 Å². The van der Waals surface area contributed by atoms with Gasteiger partial charge in [0, 0.05) is 18.4 Å². The van der Waals surface area contributed by atoms with Crippen LogP contribution in [0.15, 0.2) is 85.6 Å². The van der Waals surface area contributed by atoms with Crippen molar-refractivity contribution >= 4 is 16.8 Å². The molecule has 1 unspecified atom stereocenters. The van der Waals surface area contributed by atoms with Crippen molar-refractivity contribution in [2.45, 2.75) is 38.0 Å². The lowest BCUT2D eigenvalue weighted by molar-refractivity contribution is -0.133. The molecule has 1 saturated carbocycles. The van der Waals surface area contributed by atoms with Crippen LogP contribution in [0.5, 0.6) is 0 Å². The van der Waals surface area contributed by atoms with Crippen molar-refractivity contribution in [2.24, 2.45) is 5.41 Å². The van der Waals surface area contributed by atoms with E-state index in [0.29, 0.717) is 0 Å². The molecular formula is C28H30FN3O. The number of nitrogens with zero attached hydrogens (tertiary/aromatic N) is 2. The van der Waals surface area contributed by atoms with Crippen LogP contribution >= 0.6 is 0 Å². The summed E-state index contributed by atoms with van der Waals surface area (Å²) in [4.78, 5) is 13.4. The van der Waals surface area contributed by atoms with Gasteiger partial charge < -0.3 is 5.32 Å². The third-order valence-electron chi connectivity index (χ3n) is 6.85. The number of benzene rings is 2. The lowest BCUT2D eigenvalue weighted by Gasteiger charge is -2.43. The molecule has 1 aliphatic rings. The van der Waals surface area contributed by atoms with Gasteiger partial charge in [-0.3, -0.25) is 4.79 Å². The predicted octanol–water partition coefficient (Wildman–Crippen LogP) is 6.24. The second-order valence-corrected chi connectivity index (χ2v) is 8.69. The summed E-state index contributed by atoms with van der Waals surface area (Å²) in [5, 5.41) is 8.45. The van der Waals surface area contributed by atoms with E-state index in [1.165, 1.54) is 12.1 Å². The van der Waals surface area contributed by atoms with E-state index < -0.39 is 5.41 Å². The number of rotatable bonds is 7. The minimum atomic E-state index is -0.545. The van der Waals surface area contributed by atoms with Gasteiger partial charge in [-0.15, -0.1) is 0 Å². The van der Waals surface area contributed by atoms with Crippen molar-refractivity contribution in [2.75, 3.05) is 7.05 Å². The van der Waals surface area contributed by atoms with Crippen LogP contribution in [0, 0.1) is 11.2 Å². The fourth-order valence-corrected chi connectivity index (χ4v) is 5.35. The maximum absolute atomic E-state index is 13.4. The van der Waals surface area contributed by atoms with Crippen LogP contribution in [0.3, 0.4) is 0 Å². The van der Waals surface area contributed by atoms with Gasteiger partial charge in [0.25, 0.3) is 0 Å². The molecule has 4 rings (SSSR count). The molecule has 1 amide bonds. The number of carbonyl (C=O) groups excluding carboxylic acids is 1. The van der Waals surface area contributed by atoms with Crippen molar-refractivity contribution in [3.63, 3.8) is 0 Å². The largest absolute Gasteiger partial charge is 0.359 e. The van der Waals surface area contributed by atoms with Crippen LogP contribution in [0.2, 0.25) is 0 Å². The third-order valence-corrected chi connectivity index (χ3v) is 6.85. The Bertz CT molecular complexity index is 1200. The number of hydrogen-bond acceptors (Lipinski definition) is 2. The number of halogens is 1. The fraction of sp³-hybridized carbons (Fsp3) is 0.286. The van der Waals surface area contributed by atoms with Crippen molar-refractivity contribution in [1.29, 1.82) is 0 Å². The van der Waals surface area contributed by atoms with Crippen LogP contribution in [0.4, 0.5) is 4.39 Å². The first-order valence-corrected chi connectivity index (χ1v) is 11.4. The third kappa shape index (κ3) is 4.15. The molecule has 4 nitrogen and oxygen atoms in total. The molecule has 1 N–H and O–H groups in total. The van der Waals surface area contributed by atoms with Gasteiger partial charge in [0.2, 0.25) is 5.91 Å². The zero-order valence-corrected chi connectivity index (χ0v) is 19.1. The molecule has 1 fully saturated rings. The van der Waals surface area contributed by atoms with E-state index in [2.05, 4.69) is 35.7 Å². The summed E-state index contributed by atoms with van der Waals surface area (Å²) in [6.07, 6.45) is 12.2. The topological polar surface area (TPSA) is 46.9 Å². The van der Waals surface area contributed by atoms with Crippen molar-refractivity contribution in [3.8, 4) is 5.69 Å². The molecule has 0 spiro atoms. The standard InChI is InChI=1S/C28H30FN3O/c1-4-9-20(5-2)26(28(27(33)30-3)16-7-6-8-17-28)21-10-15-25-22(18-21)19-31-32(25)24-13-11-23(29)12-14-24/h4-5,9-15,18-19,26H,1-2,6-8,16-17H2,3H3,(H,30,33)/b20-9+. The number of amides is 1. The van der Waals surface area contributed by atoms with Crippen LogP contribution in [-0.4, -0.2) is 22.7 Å². The van der Waals surface area contributed by atoms with E-state index >= 15 is 0 Å². The Morgan fingerprint density at radius 2 is 1.88 bits per heavy atom. The molecule has 0 bridgehead atoms. The Labute approximate surface area is 194 Å². The zero-order chi connectivity index (χ0) is 23.4. The van der Waals surface area contributed by atoms with Crippen LogP contribution in [0.1, 0.15) is 43.6 Å². The molecule has 1 atom stereocenters. The van der Waals surface area contributed by atoms with Gasteiger partial charge in [-0.1, -0.05) is 56.7 Å². The van der Waals surface area contributed by atoms with Gasteiger partial charge in [0.15, 0.2) is 0 Å². The quantitative estimate of drug-likeness (QED) is 0.439. The van der Waals surface area contributed by atoms with E-state index in [4.69, 9.17) is 0 Å². The maximum atomic E-state index is 13.4. The Hall–Kier alpha value is -3.47. The summed E-state index contributed by atoms with van der Waals surface area (Å²) in [7, 11) is 1.72. The molecule has 33 heavy (non-hydrogen) atoms. The van der Waals surface area contributed by atoms with Gasteiger partial charge in [0.1, 0.15) is 5.82 Å². The molecule has 170 valence electrons. The average Bonchev–Trinajstić information content (AvgIpc) is 3.27. The molecule has 2 aromatic carbocycles. The van der Waals surface area contributed by atoms with Crippen LogP contribution < -0.4 is 5.32 Å². The summed E-state index contributed by atoms with van der Waals surface area (Å²) >= 11 is 0. The van der Waals surface area contributed by atoms with Gasteiger partial charge >= 0.3 is 0 Å². The summed E-state index contributed by atoms with van der Waals surface area (Å²) in [5.74, 6) is -0.351. The number of hydrogen-bond donors (Lipinski definition) is 1. The molecular weight excluding hydrogens is 413 g/mol. The van der Waals surface area contributed by atoms with Crippen LogP contribution in [0.25, 0.3) is 16.6 Å². The molecule has 0 radical (unpaired) electrons. The number of allylic oxidation sites excluding steroid dienone is 4. The fourth-order valence-electron chi connectivity index (χ4n) is 5.35. The predicted molar refractivity (Wildman–Crippen MR) is 132 cm³/mol. The minimum absolute atomic E-state index is 0.0751. The van der Waals surface area contributed by atoms with Crippen molar-refractivity contribution < 1.29 is 9.18 Å². The first-order valence-electron chi connectivity index (χ1n) is 11.4. The number of nitrogens with one attached hydrogen (secondary N) is 1. The molecule has 0 saturated heterocycles. The maximum Gasteiger partial charge on any atom is 0.226 e. The summed E-state index contributed by atoms with van der Waals surface area (Å²) in [6.45, 7) is 7.94. The first kappa shape index (κ1) is 22.7.